The number of aromatic nitrogens is 2. The lowest BCUT2D eigenvalue weighted by atomic mass is 10.0. The van der Waals surface area contributed by atoms with E-state index in [2.05, 4.69) is 57.0 Å². The maximum Gasteiger partial charge on any atom is 0.137 e. The van der Waals surface area contributed by atoms with Crippen LogP contribution in [0.1, 0.15) is 57.8 Å². The zero-order chi connectivity index (χ0) is 13.7. The molecule has 2 nitrogen and oxygen atoms in total. The molecule has 0 aliphatic heterocycles. The monoisotopic (exact) mass is 244 g/mol. The Morgan fingerprint density at radius 1 is 1.17 bits per heavy atom. The lowest BCUT2D eigenvalue weighted by Crippen LogP contribution is -2.00. The zero-order valence-electron chi connectivity index (χ0n) is 12.1. The maximum absolute atomic E-state index is 4.70. The Labute approximate surface area is 110 Å². The minimum atomic E-state index is 0.488. The molecule has 0 aliphatic carbocycles. The summed E-state index contributed by atoms with van der Waals surface area (Å²) in [4.78, 5) is 4.70. The molecule has 0 unspecified atom stereocenters. The number of allylic oxidation sites excluding steroid dienone is 1. The predicted octanol–water partition coefficient (Wildman–Crippen LogP) is 4.77. The molecular weight excluding hydrogens is 220 g/mol. The normalized spacial score (nSPS) is 10.6. The largest absolute Gasteiger partial charge is 0.304 e. The SMILES string of the molecule is C=CC.CC(C)c1nc2ccccn2c1C(C)C. The Bertz CT molecular complexity index is 507. The number of hydrogen-bond acceptors (Lipinski definition) is 1. The maximum atomic E-state index is 4.70. The van der Waals surface area contributed by atoms with Gasteiger partial charge in [0.15, 0.2) is 0 Å². The highest BCUT2D eigenvalue weighted by molar-refractivity contribution is 5.44. The van der Waals surface area contributed by atoms with E-state index < -0.39 is 0 Å². The summed E-state index contributed by atoms with van der Waals surface area (Å²) in [6.45, 7) is 14.1. The molecule has 2 rings (SSSR count). The van der Waals surface area contributed by atoms with Crippen LogP contribution in [0.4, 0.5) is 0 Å². The molecule has 0 bridgehead atoms. The van der Waals surface area contributed by atoms with E-state index in [9.17, 15) is 0 Å². The fourth-order valence-corrected chi connectivity index (χ4v) is 2.03. The third kappa shape index (κ3) is 3.00. The van der Waals surface area contributed by atoms with Crippen molar-refractivity contribution in [1.82, 2.24) is 9.38 Å². The molecule has 0 amide bonds. The first-order chi connectivity index (χ1) is 8.52. The van der Waals surface area contributed by atoms with Crippen molar-refractivity contribution in [2.24, 2.45) is 0 Å². The van der Waals surface area contributed by atoms with Gasteiger partial charge in [0.05, 0.1) is 5.69 Å². The number of hydrogen-bond donors (Lipinski definition) is 0. The number of pyridine rings is 1. The Hall–Kier alpha value is -1.57. The smallest absolute Gasteiger partial charge is 0.137 e. The van der Waals surface area contributed by atoms with Crippen molar-refractivity contribution in [3.05, 3.63) is 48.4 Å². The summed E-state index contributed by atoms with van der Waals surface area (Å²) in [5.41, 5.74) is 3.64. The standard InChI is InChI=1S/C13H18N2.C3H6/c1-9(2)12-13(10(3)4)15-8-6-5-7-11(15)14-12;1-3-2/h5-10H,1-4H3;3H,1H2,2H3. The lowest BCUT2D eigenvalue weighted by molar-refractivity contribution is 0.745. The zero-order valence-corrected chi connectivity index (χ0v) is 12.1. The van der Waals surface area contributed by atoms with Gasteiger partial charge in [-0.05, 0) is 30.9 Å². The first-order valence-electron chi connectivity index (χ1n) is 6.56. The minimum absolute atomic E-state index is 0.488. The van der Waals surface area contributed by atoms with E-state index in [0.29, 0.717) is 11.8 Å². The van der Waals surface area contributed by atoms with Crippen LogP contribution in [0.3, 0.4) is 0 Å². The van der Waals surface area contributed by atoms with Crippen LogP contribution in [0.25, 0.3) is 5.65 Å². The van der Waals surface area contributed by atoms with E-state index in [0.717, 1.165) is 5.65 Å². The van der Waals surface area contributed by atoms with Gasteiger partial charge in [0.25, 0.3) is 0 Å². The Kier molecular flexibility index (Phi) is 5.14. The topological polar surface area (TPSA) is 17.3 Å². The number of fused-ring (bicyclic) bond motifs is 1. The van der Waals surface area contributed by atoms with Gasteiger partial charge in [0.1, 0.15) is 5.65 Å². The van der Waals surface area contributed by atoms with Gasteiger partial charge in [0, 0.05) is 11.9 Å². The molecular formula is C16H24N2. The second-order valence-corrected chi connectivity index (χ2v) is 5.03. The summed E-state index contributed by atoms with van der Waals surface area (Å²) in [5.74, 6) is 1.00. The van der Waals surface area contributed by atoms with E-state index in [4.69, 9.17) is 4.98 Å². The molecule has 2 heterocycles. The summed E-state index contributed by atoms with van der Waals surface area (Å²) < 4.78 is 2.21. The second kappa shape index (κ2) is 6.39. The lowest BCUT2D eigenvalue weighted by Gasteiger charge is -2.10. The van der Waals surface area contributed by atoms with E-state index in [1.165, 1.54) is 11.4 Å². The van der Waals surface area contributed by atoms with Crippen LogP contribution in [0, 0.1) is 0 Å². The van der Waals surface area contributed by atoms with Crippen molar-refractivity contribution in [2.75, 3.05) is 0 Å². The van der Waals surface area contributed by atoms with Gasteiger partial charge in [0.2, 0.25) is 0 Å². The van der Waals surface area contributed by atoms with Gasteiger partial charge >= 0.3 is 0 Å². The predicted molar refractivity (Wildman–Crippen MR) is 79.2 cm³/mol. The molecule has 0 aromatic carbocycles. The molecule has 98 valence electrons. The molecule has 0 radical (unpaired) electrons. The van der Waals surface area contributed by atoms with Gasteiger partial charge in [-0.3, -0.25) is 0 Å². The molecule has 2 heteroatoms. The van der Waals surface area contributed by atoms with Crippen molar-refractivity contribution in [1.29, 1.82) is 0 Å². The molecule has 0 saturated carbocycles. The van der Waals surface area contributed by atoms with E-state index in [-0.39, 0.29) is 0 Å². The van der Waals surface area contributed by atoms with Gasteiger partial charge in [-0.15, -0.1) is 6.58 Å². The van der Waals surface area contributed by atoms with Crippen LogP contribution in [-0.4, -0.2) is 9.38 Å². The van der Waals surface area contributed by atoms with Crippen LogP contribution in [0.5, 0.6) is 0 Å². The van der Waals surface area contributed by atoms with Crippen molar-refractivity contribution in [3.63, 3.8) is 0 Å². The van der Waals surface area contributed by atoms with Crippen LogP contribution < -0.4 is 0 Å². The molecule has 2 aromatic heterocycles. The van der Waals surface area contributed by atoms with Crippen molar-refractivity contribution >= 4 is 5.65 Å². The second-order valence-electron chi connectivity index (χ2n) is 5.03. The highest BCUT2D eigenvalue weighted by Crippen LogP contribution is 2.26. The van der Waals surface area contributed by atoms with Crippen molar-refractivity contribution in [3.8, 4) is 0 Å². The van der Waals surface area contributed by atoms with Gasteiger partial charge < -0.3 is 4.40 Å². The van der Waals surface area contributed by atoms with Gasteiger partial charge in [-0.2, -0.15) is 0 Å². The molecule has 0 fully saturated rings. The highest BCUT2D eigenvalue weighted by Gasteiger charge is 2.16. The third-order valence-corrected chi connectivity index (χ3v) is 2.69. The first-order valence-corrected chi connectivity index (χ1v) is 6.56. The van der Waals surface area contributed by atoms with Crippen LogP contribution in [-0.2, 0) is 0 Å². The third-order valence-electron chi connectivity index (χ3n) is 2.69. The summed E-state index contributed by atoms with van der Waals surface area (Å²) in [6, 6.07) is 6.17. The van der Waals surface area contributed by atoms with Gasteiger partial charge in [-0.25, -0.2) is 4.98 Å². The average molecular weight is 244 g/mol. The summed E-state index contributed by atoms with van der Waals surface area (Å²) in [6.07, 6.45) is 3.85. The van der Waals surface area contributed by atoms with Crippen LogP contribution >= 0.6 is 0 Å². The summed E-state index contributed by atoms with van der Waals surface area (Å²) >= 11 is 0. The molecule has 2 aromatic rings. The molecule has 0 spiro atoms. The van der Waals surface area contributed by atoms with Crippen LogP contribution in [0.15, 0.2) is 37.1 Å². The fourth-order valence-electron chi connectivity index (χ4n) is 2.03. The van der Waals surface area contributed by atoms with E-state index in [1.807, 2.05) is 13.0 Å². The molecule has 0 atom stereocenters. The molecule has 0 aliphatic rings. The molecule has 0 saturated heterocycles. The Morgan fingerprint density at radius 3 is 2.28 bits per heavy atom. The van der Waals surface area contributed by atoms with Crippen molar-refractivity contribution in [2.45, 2.75) is 46.5 Å². The number of imidazole rings is 1. The summed E-state index contributed by atoms with van der Waals surface area (Å²) in [7, 11) is 0. The Balaban J connectivity index is 0.000000492. The summed E-state index contributed by atoms with van der Waals surface area (Å²) in [5, 5.41) is 0. The first kappa shape index (κ1) is 14.5. The average Bonchev–Trinajstić information content (AvgIpc) is 2.69. The highest BCUT2D eigenvalue weighted by atomic mass is 15.0. The van der Waals surface area contributed by atoms with Crippen molar-refractivity contribution < 1.29 is 0 Å². The minimum Gasteiger partial charge on any atom is -0.304 e. The molecule has 0 N–H and O–H groups in total. The Morgan fingerprint density at radius 2 is 1.78 bits per heavy atom. The van der Waals surface area contributed by atoms with Crippen LogP contribution in [0.2, 0.25) is 0 Å². The molecule has 18 heavy (non-hydrogen) atoms. The van der Waals surface area contributed by atoms with Gasteiger partial charge in [-0.1, -0.05) is 39.8 Å². The fraction of sp³-hybridized carbons (Fsp3) is 0.438. The number of nitrogens with zero attached hydrogens (tertiary/aromatic N) is 2. The van der Waals surface area contributed by atoms with E-state index in [1.54, 1.807) is 6.08 Å². The quantitative estimate of drug-likeness (QED) is 0.695. The number of rotatable bonds is 2. The van der Waals surface area contributed by atoms with E-state index >= 15 is 0 Å².